The van der Waals surface area contributed by atoms with E-state index in [9.17, 15) is 10.2 Å². The minimum absolute atomic E-state index is 0.508. The number of aliphatic hydroxyl groups is 2. The smallest absolute Gasteiger partial charge is 0.0931 e. The van der Waals surface area contributed by atoms with Crippen LogP contribution in [-0.2, 0) is 6.42 Å². The Morgan fingerprint density at radius 1 is 1.31 bits per heavy atom. The zero-order valence-corrected chi connectivity index (χ0v) is 10.7. The van der Waals surface area contributed by atoms with E-state index in [2.05, 4.69) is 0 Å². The monoisotopic (exact) mass is 260 g/mol. The Hall–Kier alpha value is -0.0900. The molecule has 1 aromatic heterocycles. The Kier molecular flexibility index (Phi) is 3.90. The molecule has 1 aliphatic rings. The van der Waals surface area contributed by atoms with Gasteiger partial charge in [0.25, 0.3) is 0 Å². The third-order valence-corrected chi connectivity index (χ3v) is 4.62. The lowest BCUT2D eigenvalue weighted by Gasteiger charge is -2.36. The SMILES string of the molecule is OC(Cc1ccc(Cl)s1)C1(O)CCCCC1. The van der Waals surface area contributed by atoms with Crippen molar-refractivity contribution in [1.82, 2.24) is 0 Å². The second kappa shape index (κ2) is 5.05. The maximum absolute atomic E-state index is 10.3. The average molecular weight is 261 g/mol. The Labute approximate surface area is 105 Å². The molecule has 0 spiro atoms. The van der Waals surface area contributed by atoms with Crippen molar-refractivity contribution in [2.24, 2.45) is 0 Å². The fourth-order valence-electron chi connectivity index (χ4n) is 2.34. The molecule has 1 atom stereocenters. The maximum atomic E-state index is 10.3. The van der Waals surface area contributed by atoms with E-state index >= 15 is 0 Å². The fraction of sp³-hybridized carbons (Fsp3) is 0.667. The van der Waals surface area contributed by atoms with E-state index in [0.717, 1.165) is 22.1 Å². The summed E-state index contributed by atoms with van der Waals surface area (Å²) in [5.41, 5.74) is -0.880. The lowest BCUT2D eigenvalue weighted by molar-refractivity contribution is -0.0957. The van der Waals surface area contributed by atoms with Gasteiger partial charge in [-0.1, -0.05) is 30.9 Å². The lowest BCUT2D eigenvalue weighted by Crippen LogP contribution is -2.44. The topological polar surface area (TPSA) is 40.5 Å². The Balaban J connectivity index is 1.98. The van der Waals surface area contributed by atoms with Crippen LogP contribution in [0.25, 0.3) is 0 Å². The van der Waals surface area contributed by atoms with Crippen molar-refractivity contribution >= 4 is 22.9 Å². The number of hydrogen-bond acceptors (Lipinski definition) is 3. The number of hydrogen-bond donors (Lipinski definition) is 2. The van der Waals surface area contributed by atoms with Crippen molar-refractivity contribution in [2.75, 3.05) is 0 Å². The van der Waals surface area contributed by atoms with Gasteiger partial charge in [0.15, 0.2) is 0 Å². The second-order valence-corrected chi connectivity index (χ2v) is 6.39. The van der Waals surface area contributed by atoms with Gasteiger partial charge in [0.1, 0.15) is 0 Å². The lowest BCUT2D eigenvalue weighted by atomic mass is 9.79. The molecule has 0 radical (unpaired) electrons. The number of thiophene rings is 1. The second-order valence-electron chi connectivity index (χ2n) is 4.59. The molecule has 16 heavy (non-hydrogen) atoms. The van der Waals surface area contributed by atoms with Crippen LogP contribution in [-0.4, -0.2) is 21.9 Å². The summed E-state index contributed by atoms with van der Waals surface area (Å²) in [4.78, 5) is 1.04. The highest BCUT2D eigenvalue weighted by Crippen LogP contribution is 2.33. The van der Waals surface area contributed by atoms with Crippen molar-refractivity contribution in [3.63, 3.8) is 0 Å². The van der Waals surface area contributed by atoms with Gasteiger partial charge in [-0.25, -0.2) is 0 Å². The third-order valence-electron chi connectivity index (χ3n) is 3.36. The molecule has 2 nitrogen and oxygen atoms in total. The van der Waals surface area contributed by atoms with Crippen LogP contribution in [0.4, 0.5) is 0 Å². The van der Waals surface area contributed by atoms with Crippen molar-refractivity contribution < 1.29 is 10.2 Å². The highest BCUT2D eigenvalue weighted by atomic mass is 35.5. The summed E-state index contributed by atoms with van der Waals surface area (Å²) < 4.78 is 0.734. The van der Waals surface area contributed by atoms with Gasteiger partial charge in [0.05, 0.1) is 16.0 Å². The van der Waals surface area contributed by atoms with Crippen molar-refractivity contribution in [2.45, 2.75) is 50.2 Å². The Bertz CT molecular complexity index is 345. The van der Waals surface area contributed by atoms with Gasteiger partial charge in [-0.05, 0) is 25.0 Å². The van der Waals surface area contributed by atoms with Crippen LogP contribution in [0.3, 0.4) is 0 Å². The minimum Gasteiger partial charge on any atom is -0.390 e. The first-order chi connectivity index (χ1) is 7.60. The largest absolute Gasteiger partial charge is 0.390 e. The zero-order chi connectivity index (χ0) is 11.6. The van der Waals surface area contributed by atoms with E-state index in [4.69, 9.17) is 11.6 Å². The molecule has 0 aliphatic heterocycles. The van der Waals surface area contributed by atoms with Crippen LogP contribution in [0.2, 0.25) is 4.34 Å². The summed E-state index contributed by atoms with van der Waals surface area (Å²) in [6.45, 7) is 0. The first-order valence-electron chi connectivity index (χ1n) is 5.75. The normalized spacial score (nSPS) is 21.9. The molecule has 4 heteroatoms. The van der Waals surface area contributed by atoms with Crippen molar-refractivity contribution in [3.8, 4) is 0 Å². The van der Waals surface area contributed by atoms with E-state index in [1.807, 2.05) is 12.1 Å². The van der Waals surface area contributed by atoms with Gasteiger partial charge in [0.2, 0.25) is 0 Å². The van der Waals surface area contributed by atoms with Crippen LogP contribution in [0, 0.1) is 0 Å². The average Bonchev–Trinajstić information content (AvgIpc) is 2.65. The molecule has 0 saturated heterocycles. The fourth-order valence-corrected chi connectivity index (χ4v) is 3.46. The molecule has 1 heterocycles. The van der Waals surface area contributed by atoms with Gasteiger partial charge in [-0.15, -0.1) is 11.3 Å². The van der Waals surface area contributed by atoms with Gasteiger partial charge in [-0.2, -0.15) is 0 Å². The quantitative estimate of drug-likeness (QED) is 0.877. The van der Waals surface area contributed by atoms with E-state index in [1.165, 1.54) is 17.8 Å². The van der Waals surface area contributed by atoms with Crippen LogP contribution < -0.4 is 0 Å². The van der Waals surface area contributed by atoms with Crippen molar-refractivity contribution in [1.29, 1.82) is 0 Å². The zero-order valence-electron chi connectivity index (χ0n) is 9.16. The van der Waals surface area contributed by atoms with Crippen LogP contribution in [0.5, 0.6) is 0 Å². The highest BCUT2D eigenvalue weighted by Gasteiger charge is 2.36. The number of rotatable bonds is 3. The van der Waals surface area contributed by atoms with E-state index in [-0.39, 0.29) is 0 Å². The van der Waals surface area contributed by atoms with E-state index in [1.54, 1.807) is 0 Å². The minimum atomic E-state index is -0.880. The van der Waals surface area contributed by atoms with Gasteiger partial charge in [0, 0.05) is 11.3 Å². The summed E-state index contributed by atoms with van der Waals surface area (Å²) >= 11 is 7.31. The first kappa shape index (κ1) is 12.4. The molecule has 0 aromatic carbocycles. The standard InChI is InChI=1S/C12H17ClO2S/c13-11-5-4-9(16-11)8-10(14)12(15)6-2-1-3-7-12/h4-5,10,14-15H,1-3,6-8H2. The summed E-state index contributed by atoms with van der Waals surface area (Å²) in [6.07, 6.45) is 4.47. The predicted molar refractivity (Wildman–Crippen MR) is 67.1 cm³/mol. The number of halogens is 1. The first-order valence-corrected chi connectivity index (χ1v) is 6.94. The molecule has 90 valence electrons. The van der Waals surface area contributed by atoms with E-state index < -0.39 is 11.7 Å². The molecular weight excluding hydrogens is 244 g/mol. The van der Waals surface area contributed by atoms with Crippen molar-refractivity contribution in [3.05, 3.63) is 21.3 Å². The Morgan fingerprint density at radius 3 is 2.56 bits per heavy atom. The van der Waals surface area contributed by atoms with Crippen LogP contribution in [0.15, 0.2) is 12.1 Å². The molecule has 1 aliphatic carbocycles. The third kappa shape index (κ3) is 2.77. The Morgan fingerprint density at radius 2 is 2.00 bits per heavy atom. The number of aliphatic hydroxyl groups excluding tert-OH is 1. The van der Waals surface area contributed by atoms with Gasteiger partial charge >= 0.3 is 0 Å². The predicted octanol–water partition coefficient (Wildman–Crippen LogP) is 3.00. The van der Waals surface area contributed by atoms with Gasteiger partial charge < -0.3 is 10.2 Å². The molecule has 0 bridgehead atoms. The molecule has 1 fully saturated rings. The highest BCUT2D eigenvalue weighted by molar-refractivity contribution is 7.16. The molecular formula is C12H17ClO2S. The van der Waals surface area contributed by atoms with Crippen LogP contribution in [0.1, 0.15) is 37.0 Å². The summed E-state index contributed by atoms with van der Waals surface area (Å²) in [5, 5.41) is 20.4. The molecule has 1 aromatic rings. The maximum Gasteiger partial charge on any atom is 0.0931 e. The molecule has 2 N–H and O–H groups in total. The molecule has 0 amide bonds. The van der Waals surface area contributed by atoms with Gasteiger partial charge in [-0.3, -0.25) is 0 Å². The van der Waals surface area contributed by atoms with Crippen LogP contribution >= 0.6 is 22.9 Å². The van der Waals surface area contributed by atoms with E-state index in [0.29, 0.717) is 19.3 Å². The summed E-state index contributed by atoms with van der Waals surface area (Å²) in [5.74, 6) is 0. The molecule has 1 saturated carbocycles. The molecule has 2 rings (SSSR count). The summed E-state index contributed by atoms with van der Waals surface area (Å²) in [7, 11) is 0. The molecule has 1 unspecified atom stereocenters. The summed E-state index contributed by atoms with van der Waals surface area (Å²) in [6, 6.07) is 3.75.